The average Bonchev–Trinajstić information content (AvgIpc) is 3.27. The summed E-state index contributed by atoms with van der Waals surface area (Å²) in [4.78, 5) is 13.0. The lowest BCUT2D eigenvalue weighted by Crippen LogP contribution is -2.17. The number of ether oxygens (including phenoxy) is 1. The second kappa shape index (κ2) is 9.17. The fraction of sp³-hybridized carbons (Fsp3) is 0.0833. The van der Waals surface area contributed by atoms with Gasteiger partial charge >= 0.3 is 6.18 Å². The van der Waals surface area contributed by atoms with Gasteiger partial charge < -0.3 is 15.8 Å². The van der Waals surface area contributed by atoms with E-state index in [1.54, 1.807) is 60.7 Å². The molecule has 0 bridgehead atoms. The van der Waals surface area contributed by atoms with Crippen molar-refractivity contribution in [2.45, 2.75) is 12.7 Å². The number of alkyl halides is 3. The van der Waals surface area contributed by atoms with Gasteiger partial charge in [-0.25, -0.2) is 4.68 Å². The van der Waals surface area contributed by atoms with Gasteiger partial charge in [0.15, 0.2) is 5.69 Å². The van der Waals surface area contributed by atoms with E-state index in [1.165, 1.54) is 0 Å². The number of hydrogen-bond donors (Lipinski definition) is 2. The molecule has 0 saturated heterocycles. The van der Waals surface area contributed by atoms with Gasteiger partial charge in [0.1, 0.15) is 17.2 Å². The number of hydrogen-bond acceptors (Lipinski definition) is 4. The zero-order chi connectivity index (χ0) is 23.4. The van der Waals surface area contributed by atoms with E-state index in [-0.39, 0.29) is 12.2 Å². The summed E-state index contributed by atoms with van der Waals surface area (Å²) in [6.07, 6.45) is -4.71. The highest BCUT2D eigenvalue weighted by atomic mass is 19.4. The van der Waals surface area contributed by atoms with Crippen LogP contribution in [0.3, 0.4) is 0 Å². The van der Waals surface area contributed by atoms with Crippen molar-refractivity contribution < 1.29 is 22.7 Å². The number of nitrogens with one attached hydrogen (secondary N) is 1. The molecule has 4 aromatic rings. The Bertz CT molecular complexity index is 1270. The van der Waals surface area contributed by atoms with Crippen LogP contribution in [0.1, 0.15) is 21.7 Å². The van der Waals surface area contributed by atoms with E-state index in [2.05, 4.69) is 10.4 Å². The number of benzene rings is 3. The molecule has 0 atom stereocenters. The Balaban J connectivity index is 1.64. The van der Waals surface area contributed by atoms with Crippen LogP contribution < -0.4 is 15.8 Å². The van der Waals surface area contributed by atoms with Gasteiger partial charge in [-0.2, -0.15) is 18.3 Å². The smallest absolute Gasteiger partial charge is 0.435 e. The standard InChI is InChI=1S/C24H19F3N4O2/c25-24(26,27)22-14-21(31(30-22)18-8-4-6-16(12-18)15-28)23(32)29-17-7-5-11-20(13-17)33-19-9-2-1-3-10-19/h1-14H,15,28H2,(H,29,32). The maximum Gasteiger partial charge on any atom is 0.435 e. The molecular formula is C24H19F3N4O2. The minimum Gasteiger partial charge on any atom is -0.457 e. The third-order valence-electron chi connectivity index (χ3n) is 4.69. The maximum atomic E-state index is 13.3. The summed E-state index contributed by atoms with van der Waals surface area (Å²) in [5.41, 5.74) is 5.53. The molecule has 0 saturated carbocycles. The van der Waals surface area contributed by atoms with Crippen LogP contribution in [0.5, 0.6) is 11.5 Å². The molecule has 0 spiro atoms. The number of amides is 1. The fourth-order valence-corrected chi connectivity index (χ4v) is 3.15. The Labute approximate surface area is 187 Å². The first-order valence-corrected chi connectivity index (χ1v) is 9.94. The van der Waals surface area contributed by atoms with Crippen LogP contribution in [-0.2, 0) is 12.7 Å². The van der Waals surface area contributed by atoms with Crippen LogP contribution in [0.15, 0.2) is 84.9 Å². The highest BCUT2D eigenvalue weighted by Gasteiger charge is 2.36. The fourth-order valence-electron chi connectivity index (χ4n) is 3.15. The Kier molecular flexibility index (Phi) is 6.14. The number of para-hydroxylation sites is 1. The Morgan fingerprint density at radius 1 is 0.939 bits per heavy atom. The molecule has 0 radical (unpaired) electrons. The van der Waals surface area contributed by atoms with E-state index < -0.39 is 17.8 Å². The normalized spacial score (nSPS) is 11.3. The predicted octanol–water partition coefficient (Wildman–Crippen LogP) is 5.39. The lowest BCUT2D eigenvalue weighted by atomic mass is 10.2. The molecule has 3 aromatic carbocycles. The number of halogens is 3. The van der Waals surface area contributed by atoms with Crippen molar-refractivity contribution in [3.8, 4) is 17.2 Å². The SMILES string of the molecule is NCc1cccc(-n2nc(C(F)(F)F)cc2C(=O)Nc2cccc(Oc3ccccc3)c2)c1. The number of nitrogens with zero attached hydrogens (tertiary/aromatic N) is 2. The molecule has 0 aliphatic carbocycles. The van der Waals surface area contributed by atoms with E-state index in [9.17, 15) is 18.0 Å². The molecule has 3 N–H and O–H groups in total. The van der Waals surface area contributed by atoms with Crippen molar-refractivity contribution in [1.29, 1.82) is 0 Å². The minimum atomic E-state index is -4.71. The molecule has 4 rings (SSSR count). The van der Waals surface area contributed by atoms with Gasteiger partial charge in [-0.15, -0.1) is 0 Å². The molecule has 33 heavy (non-hydrogen) atoms. The number of nitrogens with two attached hydrogens (primary N) is 1. The van der Waals surface area contributed by atoms with Crippen molar-refractivity contribution in [3.05, 3.63) is 102 Å². The van der Waals surface area contributed by atoms with Crippen LogP contribution in [0.2, 0.25) is 0 Å². The first-order chi connectivity index (χ1) is 15.8. The molecule has 6 nitrogen and oxygen atoms in total. The third-order valence-corrected chi connectivity index (χ3v) is 4.69. The summed E-state index contributed by atoms with van der Waals surface area (Å²) in [6.45, 7) is 0.191. The lowest BCUT2D eigenvalue weighted by Gasteiger charge is -2.11. The van der Waals surface area contributed by atoms with Gasteiger partial charge in [0.2, 0.25) is 0 Å². The summed E-state index contributed by atoms with van der Waals surface area (Å²) >= 11 is 0. The zero-order valence-electron chi connectivity index (χ0n) is 17.2. The molecule has 0 aliphatic heterocycles. The van der Waals surface area contributed by atoms with E-state index in [1.807, 2.05) is 18.2 Å². The van der Waals surface area contributed by atoms with Gasteiger partial charge in [-0.05, 0) is 42.0 Å². The van der Waals surface area contributed by atoms with E-state index in [0.29, 0.717) is 28.4 Å². The first kappa shape index (κ1) is 22.1. The Hall–Kier alpha value is -4.11. The van der Waals surface area contributed by atoms with Crippen LogP contribution in [-0.4, -0.2) is 15.7 Å². The van der Waals surface area contributed by atoms with E-state index >= 15 is 0 Å². The Morgan fingerprint density at radius 3 is 2.39 bits per heavy atom. The predicted molar refractivity (Wildman–Crippen MR) is 117 cm³/mol. The zero-order valence-corrected chi connectivity index (χ0v) is 17.2. The lowest BCUT2D eigenvalue weighted by molar-refractivity contribution is -0.141. The van der Waals surface area contributed by atoms with Gasteiger partial charge in [-0.1, -0.05) is 36.4 Å². The molecule has 1 heterocycles. The second-order valence-corrected chi connectivity index (χ2v) is 7.10. The number of carbonyl (C=O) groups excluding carboxylic acids is 1. The van der Waals surface area contributed by atoms with Crippen molar-refractivity contribution >= 4 is 11.6 Å². The Morgan fingerprint density at radius 2 is 1.67 bits per heavy atom. The summed E-state index contributed by atoms with van der Waals surface area (Å²) in [6, 6.07) is 22.8. The topological polar surface area (TPSA) is 82.2 Å². The van der Waals surface area contributed by atoms with Gasteiger partial charge in [0, 0.05) is 24.4 Å². The van der Waals surface area contributed by atoms with Crippen molar-refractivity contribution in [3.63, 3.8) is 0 Å². The van der Waals surface area contributed by atoms with E-state index in [0.717, 1.165) is 10.7 Å². The molecule has 0 unspecified atom stereocenters. The average molecular weight is 452 g/mol. The van der Waals surface area contributed by atoms with Crippen LogP contribution in [0.25, 0.3) is 5.69 Å². The third kappa shape index (κ3) is 5.21. The van der Waals surface area contributed by atoms with Crippen molar-refractivity contribution in [2.75, 3.05) is 5.32 Å². The van der Waals surface area contributed by atoms with Gasteiger partial charge in [-0.3, -0.25) is 4.79 Å². The molecule has 0 aliphatic rings. The molecular weight excluding hydrogens is 433 g/mol. The number of aromatic nitrogens is 2. The minimum absolute atomic E-state index is 0.191. The molecule has 1 aromatic heterocycles. The maximum absolute atomic E-state index is 13.3. The monoisotopic (exact) mass is 452 g/mol. The van der Waals surface area contributed by atoms with Gasteiger partial charge in [0.05, 0.1) is 5.69 Å². The summed E-state index contributed by atoms with van der Waals surface area (Å²) in [5.74, 6) is 0.306. The molecule has 0 fully saturated rings. The number of carbonyl (C=O) groups is 1. The molecule has 1 amide bonds. The summed E-state index contributed by atoms with van der Waals surface area (Å²) < 4.78 is 46.7. The summed E-state index contributed by atoms with van der Waals surface area (Å²) in [5, 5.41) is 6.24. The molecule has 9 heteroatoms. The second-order valence-electron chi connectivity index (χ2n) is 7.10. The van der Waals surface area contributed by atoms with Crippen molar-refractivity contribution in [2.24, 2.45) is 5.73 Å². The van der Waals surface area contributed by atoms with Crippen molar-refractivity contribution in [1.82, 2.24) is 9.78 Å². The van der Waals surface area contributed by atoms with Crippen LogP contribution in [0.4, 0.5) is 18.9 Å². The first-order valence-electron chi connectivity index (χ1n) is 9.94. The van der Waals surface area contributed by atoms with Crippen LogP contribution >= 0.6 is 0 Å². The largest absolute Gasteiger partial charge is 0.457 e. The quantitative estimate of drug-likeness (QED) is 0.411. The highest BCUT2D eigenvalue weighted by molar-refractivity contribution is 6.03. The van der Waals surface area contributed by atoms with Crippen LogP contribution in [0, 0.1) is 0 Å². The number of anilines is 1. The molecule has 168 valence electrons. The van der Waals surface area contributed by atoms with Gasteiger partial charge in [0.25, 0.3) is 5.91 Å². The summed E-state index contributed by atoms with van der Waals surface area (Å²) in [7, 11) is 0. The van der Waals surface area contributed by atoms with E-state index in [4.69, 9.17) is 10.5 Å². The number of rotatable bonds is 6. The highest BCUT2D eigenvalue weighted by Crippen LogP contribution is 2.30.